The summed E-state index contributed by atoms with van der Waals surface area (Å²) in [7, 11) is 0. The second kappa shape index (κ2) is 5.14. The van der Waals surface area contributed by atoms with Gasteiger partial charge in [-0.3, -0.25) is 0 Å². The maximum absolute atomic E-state index is 11.5. The normalized spacial score (nSPS) is 21.1. The Bertz CT molecular complexity index is 197. The molecule has 1 aliphatic rings. The lowest BCUT2D eigenvalue weighted by atomic mass is 10.0. The van der Waals surface area contributed by atoms with Crippen LogP contribution in [0.25, 0.3) is 0 Å². The molecule has 0 spiro atoms. The molecule has 4 heteroatoms. The van der Waals surface area contributed by atoms with E-state index in [9.17, 15) is 4.55 Å². The Kier molecular flexibility index (Phi) is 4.41. The van der Waals surface area contributed by atoms with Crippen LogP contribution in [0.1, 0.15) is 33.6 Å². The summed E-state index contributed by atoms with van der Waals surface area (Å²) in [5, 5.41) is 0. The zero-order valence-electron chi connectivity index (χ0n) is 9.16. The molecule has 82 valence electrons. The maximum atomic E-state index is 11.5. The van der Waals surface area contributed by atoms with Gasteiger partial charge in [0.1, 0.15) is 16.1 Å². The molecule has 0 N–H and O–H groups in total. The molecule has 0 saturated carbocycles. The van der Waals surface area contributed by atoms with Gasteiger partial charge < -0.3 is 9.29 Å². The van der Waals surface area contributed by atoms with E-state index in [1.807, 2.05) is 20.8 Å². The van der Waals surface area contributed by atoms with E-state index in [-0.39, 0.29) is 4.75 Å². The number of hydrogen-bond acceptors (Lipinski definition) is 3. The van der Waals surface area contributed by atoms with Crippen LogP contribution < -0.4 is 0 Å². The number of nitrogens with zero attached hydrogens (tertiary/aromatic N) is 1. The lowest BCUT2D eigenvalue weighted by molar-refractivity contribution is -0.0343. The maximum Gasteiger partial charge on any atom is 0.144 e. The minimum absolute atomic E-state index is 0.240. The summed E-state index contributed by atoms with van der Waals surface area (Å²) in [6.45, 7) is 7.56. The van der Waals surface area contributed by atoms with Crippen LogP contribution >= 0.6 is 0 Å². The molecule has 0 aliphatic carbocycles. The number of rotatable bonds is 4. The monoisotopic (exact) mass is 217 g/mol. The van der Waals surface area contributed by atoms with Crippen molar-refractivity contribution >= 4 is 17.6 Å². The molecule has 0 bridgehead atoms. The zero-order valence-corrected chi connectivity index (χ0v) is 9.97. The molecule has 0 aromatic carbocycles. The standard InChI is InChI=1S/C10H19NO2S/c1-10(2,3)14(12)11-6-4-5-9-7-13-8-9/h6,9H,4-5,7-8H2,1-3H3. The van der Waals surface area contributed by atoms with Crippen molar-refractivity contribution in [1.82, 2.24) is 0 Å². The summed E-state index contributed by atoms with van der Waals surface area (Å²) in [6.07, 6.45) is 3.81. The summed E-state index contributed by atoms with van der Waals surface area (Å²) >= 11 is -1.10. The van der Waals surface area contributed by atoms with Crippen molar-refractivity contribution in [2.24, 2.45) is 10.3 Å². The Morgan fingerprint density at radius 2 is 2.14 bits per heavy atom. The van der Waals surface area contributed by atoms with Crippen molar-refractivity contribution < 1.29 is 9.29 Å². The predicted octanol–water partition coefficient (Wildman–Crippen LogP) is 1.95. The summed E-state index contributed by atoms with van der Waals surface area (Å²) in [6, 6.07) is 0. The quantitative estimate of drug-likeness (QED) is 0.533. The summed E-state index contributed by atoms with van der Waals surface area (Å²) in [5.74, 6) is 0.699. The van der Waals surface area contributed by atoms with Gasteiger partial charge in [-0.15, -0.1) is 0 Å². The minimum Gasteiger partial charge on any atom is -0.591 e. The van der Waals surface area contributed by atoms with Gasteiger partial charge in [0.15, 0.2) is 0 Å². The molecule has 1 heterocycles. The molecule has 0 aromatic rings. The van der Waals surface area contributed by atoms with Crippen molar-refractivity contribution in [3.8, 4) is 0 Å². The number of ether oxygens (including phenoxy) is 1. The van der Waals surface area contributed by atoms with Gasteiger partial charge in [-0.25, -0.2) is 0 Å². The van der Waals surface area contributed by atoms with Crippen LogP contribution in [0, 0.1) is 5.92 Å². The van der Waals surface area contributed by atoms with E-state index in [0.29, 0.717) is 5.92 Å². The van der Waals surface area contributed by atoms with E-state index < -0.39 is 11.4 Å². The van der Waals surface area contributed by atoms with Crippen LogP contribution in [0.2, 0.25) is 0 Å². The van der Waals surface area contributed by atoms with Crippen molar-refractivity contribution in [3.05, 3.63) is 0 Å². The Balaban J connectivity index is 2.12. The van der Waals surface area contributed by atoms with Crippen LogP contribution in [0.4, 0.5) is 0 Å². The van der Waals surface area contributed by atoms with Gasteiger partial charge in [0.05, 0.1) is 19.4 Å². The van der Waals surface area contributed by atoms with E-state index in [1.165, 1.54) is 0 Å². The Morgan fingerprint density at radius 3 is 2.57 bits per heavy atom. The van der Waals surface area contributed by atoms with E-state index in [0.717, 1.165) is 26.1 Å². The molecule has 0 amide bonds. The highest BCUT2D eigenvalue weighted by Gasteiger charge is 2.25. The zero-order chi connectivity index (χ0) is 10.6. The molecular weight excluding hydrogens is 198 g/mol. The predicted molar refractivity (Wildman–Crippen MR) is 59.9 cm³/mol. The molecule has 1 unspecified atom stereocenters. The van der Waals surface area contributed by atoms with Crippen molar-refractivity contribution in [1.29, 1.82) is 0 Å². The highest BCUT2D eigenvalue weighted by Crippen LogP contribution is 2.18. The molecular formula is C10H19NO2S. The van der Waals surface area contributed by atoms with Crippen molar-refractivity contribution in [2.75, 3.05) is 13.2 Å². The first-order valence-corrected chi connectivity index (χ1v) is 6.13. The molecule has 1 atom stereocenters. The molecule has 3 nitrogen and oxygen atoms in total. The number of hydrogen-bond donors (Lipinski definition) is 0. The van der Waals surface area contributed by atoms with Gasteiger partial charge in [0.2, 0.25) is 0 Å². The van der Waals surface area contributed by atoms with Crippen LogP contribution in [-0.4, -0.2) is 28.7 Å². The van der Waals surface area contributed by atoms with Gasteiger partial charge in [-0.05, 0) is 33.6 Å². The first-order valence-electron chi connectivity index (χ1n) is 5.02. The topological polar surface area (TPSA) is 44.7 Å². The molecule has 1 aliphatic heterocycles. The van der Waals surface area contributed by atoms with Crippen molar-refractivity contribution in [3.63, 3.8) is 0 Å². The van der Waals surface area contributed by atoms with Gasteiger partial charge in [0, 0.05) is 5.92 Å². The van der Waals surface area contributed by atoms with Gasteiger partial charge >= 0.3 is 0 Å². The van der Waals surface area contributed by atoms with Gasteiger partial charge in [-0.1, -0.05) is 4.40 Å². The Morgan fingerprint density at radius 1 is 1.50 bits per heavy atom. The third-order valence-corrected chi connectivity index (χ3v) is 3.49. The highest BCUT2D eigenvalue weighted by atomic mass is 32.2. The Hall–Kier alpha value is -0.0600. The fourth-order valence-corrected chi connectivity index (χ4v) is 1.60. The molecule has 1 fully saturated rings. The molecule has 14 heavy (non-hydrogen) atoms. The third-order valence-electron chi connectivity index (χ3n) is 2.11. The van der Waals surface area contributed by atoms with Crippen LogP contribution in [-0.2, 0) is 16.1 Å². The second-order valence-electron chi connectivity index (χ2n) is 4.63. The minimum atomic E-state index is -1.10. The molecule has 1 saturated heterocycles. The summed E-state index contributed by atoms with van der Waals surface area (Å²) in [5.41, 5.74) is 0. The lowest BCUT2D eigenvalue weighted by Gasteiger charge is -2.25. The van der Waals surface area contributed by atoms with Gasteiger partial charge in [0.25, 0.3) is 0 Å². The molecule has 1 rings (SSSR count). The van der Waals surface area contributed by atoms with E-state index in [4.69, 9.17) is 4.74 Å². The van der Waals surface area contributed by atoms with E-state index in [2.05, 4.69) is 4.40 Å². The lowest BCUT2D eigenvalue weighted by Crippen LogP contribution is -2.27. The van der Waals surface area contributed by atoms with E-state index in [1.54, 1.807) is 6.21 Å². The first-order chi connectivity index (χ1) is 6.50. The van der Waals surface area contributed by atoms with Crippen LogP contribution in [0.3, 0.4) is 0 Å². The van der Waals surface area contributed by atoms with Crippen LogP contribution in [0.5, 0.6) is 0 Å². The Labute approximate surface area is 89.3 Å². The highest BCUT2D eigenvalue weighted by molar-refractivity contribution is 7.91. The molecule has 0 radical (unpaired) electrons. The average Bonchev–Trinajstić information content (AvgIpc) is 1.98. The second-order valence-corrected chi connectivity index (χ2v) is 6.56. The average molecular weight is 217 g/mol. The fourth-order valence-electron chi connectivity index (χ4n) is 1.04. The van der Waals surface area contributed by atoms with E-state index >= 15 is 0 Å². The fraction of sp³-hybridized carbons (Fsp3) is 0.900. The largest absolute Gasteiger partial charge is 0.591 e. The van der Waals surface area contributed by atoms with Gasteiger partial charge in [-0.2, -0.15) is 0 Å². The van der Waals surface area contributed by atoms with Crippen molar-refractivity contribution in [2.45, 2.75) is 38.4 Å². The summed E-state index contributed by atoms with van der Waals surface area (Å²) < 4.78 is 20.3. The molecule has 0 aromatic heterocycles. The summed E-state index contributed by atoms with van der Waals surface area (Å²) in [4.78, 5) is 0. The smallest absolute Gasteiger partial charge is 0.144 e. The first kappa shape index (κ1) is 12.0. The van der Waals surface area contributed by atoms with Crippen LogP contribution in [0.15, 0.2) is 4.40 Å². The third kappa shape index (κ3) is 3.98. The SMILES string of the molecule is CC(C)(C)[S+]([O-])N=CCCC1COC1.